The average molecular weight is 430 g/mol. The summed E-state index contributed by atoms with van der Waals surface area (Å²) in [6.45, 7) is 3.97. The van der Waals surface area contributed by atoms with Crippen LogP contribution in [0.3, 0.4) is 0 Å². The van der Waals surface area contributed by atoms with Gasteiger partial charge in [-0.3, -0.25) is 4.79 Å². The minimum Gasteiger partial charge on any atom is -0.326 e. The Morgan fingerprint density at radius 3 is 2.55 bits per heavy atom. The summed E-state index contributed by atoms with van der Waals surface area (Å²) in [5.41, 5.74) is 4.48. The molecule has 6 nitrogen and oxygen atoms in total. The molecule has 7 heteroatoms. The molecule has 156 valence electrons. The molecule has 0 spiro atoms. The second kappa shape index (κ2) is 9.49. The molecule has 1 amide bonds. The minimum absolute atomic E-state index is 0.0182. The van der Waals surface area contributed by atoms with Gasteiger partial charge >= 0.3 is 0 Å². The SMILES string of the molecule is Cc1nc(C)c(-c2ccnc(Nc3cccc(NC(=O)CCc4ccccc4)c3)n2)s1. The number of hydrogen-bond acceptors (Lipinski definition) is 6. The van der Waals surface area contributed by atoms with Crippen LogP contribution in [-0.2, 0) is 11.2 Å². The van der Waals surface area contributed by atoms with E-state index in [2.05, 4.69) is 25.6 Å². The second-order valence-electron chi connectivity index (χ2n) is 7.15. The van der Waals surface area contributed by atoms with Crippen molar-refractivity contribution in [1.82, 2.24) is 15.0 Å². The van der Waals surface area contributed by atoms with Gasteiger partial charge in [0.15, 0.2) is 0 Å². The quantitative estimate of drug-likeness (QED) is 0.404. The summed E-state index contributed by atoms with van der Waals surface area (Å²) in [4.78, 5) is 26.8. The van der Waals surface area contributed by atoms with Gasteiger partial charge in [-0.15, -0.1) is 11.3 Å². The molecule has 2 heterocycles. The molecule has 2 N–H and O–H groups in total. The molecule has 0 fully saturated rings. The summed E-state index contributed by atoms with van der Waals surface area (Å²) in [5, 5.41) is 7.19. The van der Waals surface area contributed by atoms with Gasteiger partial charge in [-0.1, -0.05) is 36.4 Å². The van der Waals surface area contributed by atoms with Crippen molar-refractivity contribution in [3.05, 3.63) is 83.1 Å². The number of hydrogen-bond donors (Lipinski definition) is 2. The van der Waals surface area contributed by atoms with Gasteiger partial charge in [-0.25, -0.2) is 15.0 Å². The molecule has 4 aromatic rings. The molecular formula is C24H23N5OS. The van der Waals surface area contributed by atoms with Gasteiger partial charge in [0.25, 0.3) is 0 Å². The molecule has 0 unspecified atom stereocenters. The van der Waals surface area contributed by atoms with Crippen LogP contribution in [0.5, 0.6) is 0 Å². The predicted molar refractivity (Wildman–Crippen MR) is 126 cm³/mol. The summed E-state index contributed by atoms with van der Waals surface area (Å²) in [7, 11) is 0. The fourth-order valence-corrected chi connectivity index (χ4v) is 4.13. The summed E-state index contributed by atoms with van der Waals surface area (Å²) in [5.74, 6) is 0.478. The number of aryl methyl sites for hydroxylation is 3. The number of rotatable bonds is 7. The first-order chi connectivity index (χ1) is 15.1. The van der Waals surface area contributed by atoms with Crippen LogP contribution in [0.4, 0.5) is 17.3 Å². The Labute approximate surface area is 185 Å². The number of aromatic nitrogens is 3. The Morgan fingerprint density at radius 1 is 0.968 bits per heavy atom. The third-order valence-electron chi connectivity index (χ3n) is 4.68. The summed E-state index contributed by atoms with van der Waals surface area (Å²) in [6.07, 6.45) is 2.87. The lowest BCUT2D eigenvalue weighted by Gasteiger charge is -2.09. The van der Waals surface area contributed by atoms with Gasteiger partial charge in [0, 0.05) is 24.0 Å². The molecule has 0 saturated heterocycles. The van der Waals surface area contributed by atoms with Gasteiger partial charge < -0.3 is 10.6 Å². The molecule has 0 aliphatic heterocycles. The zero-order chi connectivity index (χ0) is 21.6. The normalized spacial score (nSPS) is 10.6. The highest BCUT2D eigenvalue weighted by Gasteiger charge is 2.10. The number of amides is 1. The van der Waals surface area contributed by atoms with E-state index < -0.39 is 0 Å². The van der Waals surface area contributed by atoms with E-state index in [0.29, 0.717) is 18.8 Å². The van der Waals surface area contributed by atoms with Crippen LogP contribution in [0.15, 0.2) is 66.9 Å². The zero-order valence-corrected chi connectivity index (χ0v) is 18.2. The van der Waals surface area contributed by atoms with Gasteiger partial charge in [0.1, 0.15) is 0 Å². The van der Waals surface area contributed by atoms with Crippen LogP contribution in [0.2, 0.25) is 0 Å². The zero-order valence-electron chi connectivity index (χ0n) is 17.4. The lowest BCUT2D eigenvalue weighted by Crippen LogP contribution is -2.12. The van der Waals surface area contributed by atoms with Crippen molar-refractivity contribution in [2.45, 2.75) is 26.7 Å². The van der Waals surface area contributed by atoms with Crippen molar-refractivity contribution in [2.75, 3.05) is 10.6 Å². The molecule has 4 rings (SSSR count). The van der Waals surface area contributed by atoms with E-state index in [1.807, 2.05) is 74.5 Å². The molecule has 0 atom stereocenters. The van der Waals surface area contributed by atoms with E-state index in [0.717, 1.165) is 38.2 Å². The molecule has 0 saturated carbocycles. The third-order valence-corrected chi connectivity index (χ3v) is 5.77. The second-order valence-corrected chi connectivity index (χ2v) is 8.36. The molecule has 31 heavy (non-hydrogen) atoms. The van der Waals surface area contributed by atoms with Crippen LogP contribution in [0.25, 0.3) is 10.6 Å². The highest BCUT2D eigenvalue weighted by atomic mass is 32.1. The Bertz CT molecular complexity index is 1190. The molecular weight excluding hydrogens is 406 g/mol. The summed E-state index contributed by atoms with van der Waals surface area (Å²) < 4.78 is 0. The highest BCUT2D eigenvalue weighted by Crippen LogP contribution is 2.29. The molecule has 0 aliphatic carbocycles. The van der Waals surface area contributed by atoms with Crippen molar-refractivity contribution in [3.63, 3.8) is 0 Å². The minimum atomic E-state index is -0.0182. The first kappa shape index (κ1) is 20.7. The van der Waals surface area contributed by atoms with Crippen molar-refractivity contribution in [2.24, 2.45) is 0 Å². The van der Waals surface area contributed by atoms with Crippen molar-refractivity contribution in [1.29, 1.82) is 0 Å². The van der Waals surface area contributed by atoms with E-state index in [1.165, 1.54) is 0 Å². The van der Waals surface area contributed by atoms with Gasteiger partial charge in [0.05, 0.1) is 21.3 Å². The first-order valence-corrected chi connectivity index (χ1v) is 10.9. The molecule has 2 aromatic carbocycles. The maximum Gasteiger partial charge on any atom is 0.227 e. The van der Waals surface area contributed by atoms with E-state index in [1.54, 1.807) is 17.5 Å². The molecule has 0 aliphatic rings. The number of nitrogens with one attached hydrogen (secondary N) is 2. The Balaban J connectivity index is 1.41. The summed E-state index contributed by atoms with van der Waals surface area (Å²) >= 11 is 1.62. The van der Waals surface area contributed by atoms with Gasteiger partial charge in [-0.2, -0.15) is 0 Å². The van der Waals surface area contributed by atoms with E-state index in [4.69, 9.17) is 0 Å². The van der Waals surface area contributed by atoms with Gasteiger partial charge in [0.2, 0.25) is 11.9 Å². The molecule has 0 bridgehead atoms. The lowest BCUT2D eigenvalue weighted by molar-refractivity contribution is -0.116. The number of nitrogens with zero attached hydrogens (tertiary/aromatic N) is 3. The topological polar surface area (TPSA) is 79.8 Å². The monoisotopic (exact) mass is 429 g/mol. The van der Waals surface area contributed by atoms with Crippen LogP contribution in [0.1, 0.15) is 22.7 Å². The van der Waals surface area contributed by atoms with Crippen molar-refractivity contribution < 1.29 is 4.79 Å². The summed E-state index contributed by atoms with van der Waals surface area (Å²) in [6, 6.07) is 19.4. The van der Waals surface area contributed by atoms with Crippen LogP contribution >= 0.6 is 11.3 Å². The van der Waals surface area contributed by atoms with E-state index >= 15 is 0 Å². The fraction of sp³-hybridized carbons (Fsp3) is 0.167. The standard InChI is InChI=1S/C24H23N5OS/c1-16-23(31-17(2)26-16)21-13-14-25-24(29-21)28-20-10-6-9-19(15-20)27-22(30)12-11-18-7-4-3-5-8-18/h3-10,13-15H,11-12H2,1-2H3,(H,27,30)(H,25,28,29). The average Bonchev–Trinajstić information content (AvgIpc) is 3.11. The van der Waals surface area contributed by atoms with Crippen molar-refractivity contribution in [3.8, 4) is 10.6 Å². The van der Waals surface area contributed by atoms with Crippen LogP contribution in [0, 0.1) is 13.8 Å². The van der Waals surface area contributed by atoms with Crippen LogP contribution in [-0.4, -0.2) is 20.9 Å². The largest absolute Gasteiger partial charge is 0.326 e. The molecule has 0 radical (unpaired) electrons. The number of anilines is 3. The smallest absolute Gasteiger partial charge is 0.227 e. The van der Waals surface area contributed by atoms with E-state index in [-0.39, 0.29) is 5.91 Å². The lowest BCUT2D eigenvalue weighted by atomic mass is 10.1. The highest BCUT2D eigenvalue weighted by molar-refractivity contribution is 7.15. The number of carbonyl (C=O) groups is 1. The number of thiazole rings is 1. The molecule has 2 aromatic heterocycles. The van der Waals surface area contributed by atoms with E-state index in [9.17, 15) is 4.79 Å². The van der Waals surface area contributed by atoms with Crippen LogP contribution < -0.4 is 10.6 Å². The van der Waals surface area contributed by atoms with Gasteiger partial charge in [-0.05, 0) is 50.1 Å². The predicted octanol–water partition coefficient (Wildman–Crippen LogP) is 5.53. The Hall–Kier alpha value is -3.58. The Kier molecular flexibility index (Phi) is 6.33. The Morgan fingerprint density at radius 2 is 1.77 bits per heavy atom. The fourth-order valence-electron chi connectivity index (χ4n) is 3.24. The maximum atomic E-state index is 12.3. The number of benzene rings is 2. The third kappa shape index (κ3) is 5.52. The first-order valence-electron chi connectivity index (χ1n) is 10.0. The van der Waals surface area contributed by atoms with Crippen molar-refractivity contribution >= 4 is 34.6 Å². The maximum absolute atomic E-state index is 12.3. The number of carbonyl (C=O) groups excluding carboxylic acids is 1.